The van der Waals surface area contributed by atoms with E-state index < -0.39 is 0 Å². The zero-order valence-electron chi connectivity index (χ0n) is 14.8. The summed E-state index contributed by atoms with van der Waals surface area (Å²) < 4.78 is 7.72. The van der Waals surface area contributed by atoms with Crippen molar-refractivity contribution in [2.24, 2.45) is 0 Å². The van der Waals surface area contributed by atoms with Crippen LogP contribution in [0.25, 0.3) is 0 Å². The fourth-order valence-corrected chi connectivity index (χ4v) is 4.83. The maximum Gasteiger partial charge on any atom is 0.178 e. The molecule has 0 bridgehead atoms. The van der Waals surface area contributed by atoms with Crippen LogP contribution in [0, 0.1) is 0 Å². The summed E-state index contributed by atoms with van der Waals surface area (Å²) in [6.45, 7) is 5.12. The van der Waals surface area contributed by atoms with Gasteiger partial charge in [0.15, 0.2) is 5.78 Å². The Balaban J connectivity index is 1.54. The van der Waals surface area contributed by atoms with Crippen molar-refractivity contribution in [3.8, 4) is 0 Å². The minimum Gasteiger partial charge on any atom is -0.379 e. The summed E-state index contributed by atoms with van der Waals surface area (Å²) in [5.74, 6) is 0.214. The van der Waals surface area contributed by atoms with Gasteiger partial charge in [0.1, 0.15) is 0 Å². The first-order valence-electron chi connectivity index (χ1n) is 9.23. The van der Waals surface area contributed by atoms with E-state index in [1.165, 1.54) is 5.56 Å². The smallest absolute Gasteiger partial charge is 0.178 e. The number of rotatable bonds is 5. The lowest BCUT2D eigenvalue weighted by atomic mass is 10.0. The van der Waals surface area contributed by atoms with Crippen LogP contribution in [0.3, 0.4) is 0 Å². The number of hydrogen-bond acceptors (Lipinski definition) is 5. The Bertz CT molecular complexity index is 747. The van der Waals surface area contributed by atoms with Gasteiger partial charge in [-0.25, -0.2) is 4.31 Å². The Morgan fingerprint density at radius 1 is 1.00 bits per heavy atom. The van der Waals surface area contributed by atoms with Crippen LogP contribution in [0.2, 0.25) is 0 Å². The largest absolute Gasteiger partial charge is 0.379 e. The third kappa shape index (κ3) is 4.01. The van der Waals surface area contributed by atoms with Gasteiger partial charge in [0.25, 0.3) is 0 Å². The zero-order valence-corrected chi connectivity index (χ0v) is 15.7. The molecule has 4 rings (SSSR count). The molecule has 26 heavy (non-hydrogen) atoms. The maximum atomic E-state index is 12.7. The van der Waals surface area contributed by atoms with E-state index in [9.17, 15) is 4.79 Å². The molecule has 0 aromatic heterocycles. The topological polar surface area (TPSA) is 32.8 Å². The predicted octanol–water partition coefficient (Wildman–Crippen LogP) is 3.66. The average molecular weight is 369 g/mol. The van der Waals surface area contributed by atoms with Gasteiger partial charge < -0.3 is 4.74 Å². The predicted molar refractivity (Wildman–Crippen MR) is 104 cm³/mol. The van der Waals surface area contributed by atoms with Crippen LogP contribution in [0.1, 0.15) is 28.4 Å². The Kier molecular flexibility index (Phi) is 5.70. The lowest BCUT2D eigenvalue weighted by Crippen LogP contribution is -2.39. The molecule has 1 saturated heterocycles. The Hall–Kier alpha value is -1.66. The fraction of sp³-hybridized carbons (Fsp3) is 0.381. The summed E-state index contributed by atoms with van der Waals surface area (Å²) in [6, 6.07) is 18.7. The minimum absolute atomic E-state index is 0.214. The fourth-order valence-electron chi connectivity index (χ4n) is 3.62. The first kappa shape index (κ1) is 17.7. The molecule has 0 spiro atoms. The molecule has 2 aliphatic rings. The number of fused-ring (bicyclic) bond motifs is 1. The monoisotopic (exact) mass is 368 g/mol. The number of benzene rings is 2. The van der Waals surface area contributed by atoms with Crippen LogP contribution >= 0.6 is 11.9 Å². The van der Waals surface area contributed by atoms with Crippen molar-refractivity contribution < 1.29 is 9.53 Å². The van der Waals surface area contributed by atoms with Gasteiger partial charge >= 0.3 is 0 Å². The molecule has 2 aromatic rings. The van der Waals surface area contributed by atoms with Gasteiger partial charge in [-0.3, -0.25) is 9.69 Å². The summed E-state index contributed by atoms with van der Waals surface area (Å²) in [4.78, 5) is 16.2. The van der Waals surface area contributed by atoms with Crippen LogP contribution in [0.4, 0.5) is 0 Å². The number of carbonyl (C=O) groups excluding carboxylic acids is 1. The number of nitrogens with zero attached hydrogens (tertiary/aromatic N) is 2. The number of ether oxygens (including phenoxy) is 1. The second-order valence-electron chi connectivity index (χ2n) is 6.75. The highest BCUT2D eigenvalue weighted by Crippen LogP contribution is 2.39. The van der Waals surface area contributed by atoms with Gasteiger partial charge in [-0.1, -0.05) is 48.5 Å². The van der Waals surface area contributed by atoms with Crippen LogP contribution in [-0.4, -0.2) is 54.4 Å². The van der Waals surface area contributed by atoms with Gasteiger partial charge in [-0.2, -0.15) is 0 Å². The summed E-state index contributed by atoms with van der Waals surface area (Å²) >= 11 is 1.72. The normalized spacial score (nSPS) is 19.9. The highest BCUT2D eigenvalue weighted by molar-refractivity contribution is 7.97. The second kappa shape index (κ2) is 8.35. The van der Waals surface area contributed by atoms with Gasteiger partial charge in [0, 0.05) is 36.1 Å². The SMILES string of the molecule is O=C1CN(C(CCN2CCOCC2)c2ccccc2)Sc2ccccc21. The zero-order chi connectivity index (χ0) is 17.8. The van der Waals surface area contributed by atoms with Crippen molar-refractivity contribution in [2.45, 2.75) is 17.4 Å². The van der Waals surface area contributed by atoms with Gasteiger partial charge in [-0.15, -0.1) is 0 Å². The summed E-state index contributed by atoms with van der Waals surface area (Å²) in [5, 5.41) is 0. The first-order chi connectivity index (χ1) is 12.8. The van der Waals surface area contributed by atoms with E-state index in [1.54, 1.807) is 11.9 Å². The molecule has 0 aliphatic carbocycles. The highest BCUT2D eigenvalue weighted by Gasteiger charge is 2.30. The van der Waals surface area contributed by atoms with E-state index in [-0.39, 0.29) is 11.8 Å². The molecule has 2 aliphatic heterocycles. The molecule has 1 atom stereocenters. The number of hydrogen-bond donors (Lipinski definition) is 0. The van der Waals surface area contributed by atoms with Gasteiger partial charge in [0.2, 0.25) is 0 Å². The van der Waals surface area contributed by atoms with Crippen LogP contribution in [0.15, 0.2) is 59.5 Å². The lowest BCUT2D eigenvalue weighted by Gasteiger charge is -2.35. The van der Waals surface area contributed by atoms with Crippen LogP contribution in [0.5, 0.6) is 0 Å². The van der Waals surface area contributed by atoms with E-state index in [0.717, 1.165) is 49.7 Å². The summed E-state index contributed by atoms with van der Waals surface area (Å²) in [7, 11) is 0. The van der Waals surface area contributed by atoms with Crippen molar-refractivity contribution in [1.29, 1.82) is 0 Å². The Labute approximate surface area is 159 Å². The van der Waals surface area contributed by atoms with Crippen molar-refractivity contribution in [3.05, 3.63) is 65.7 Å². The maximum absolute atomic E-state index is 12.7. The number of carbonyl (C=O) groups is 1. The third-order valence-electron chi connectivity index (χ3n) is 5.06. The Morgan fingerprint density at radius 3 is 2.54 bits per heavy atom. The summed E-state index contributed by atoms with van der Waals surface area (Å²) in [6.07, 6.45) is 1.01. The first-order valence-corrected chi connectivity index (χ1v) is 10.0. The van der Waals surface area contributed by atoms with Gasteiger partial charge in [0.05, 0.1) is 19.8 Å². The van der Waals surface area contributed by atoms with E-state index >= 15 is 0 Å². The molecular weight excluding hydrogens is 344 g/mol. The van der Waals surface area contributed by atoms with Crippen molar-refractivity contribution in [2.75, 3.05) is 39.4 Å². The second-order valence-corrected chi connectivity index (χ2v) is 7.85. The molecule has 0 amide bonds. The number of ketones is 1. The molecule has 2 aromatic carbocycles. The van der Waals surface area contributed by atoms with E-state index in [0.29, 0.717) is 6.54 Å². The molecule has 5 heteroatoms. The molecule has 0 radical (unpaired) electrons. The summed E-state index contributed by atoms with van der Waals surface area (Å²) in [5.41, 5.74) is 2.13. The van der Waals surface area contributed by atoms with E-state index in [2.05, 4.69) is 33.5 Å². The third-order valence-corrected chi connectivity index (χ3v) is 6.23. The average Bonchev–Trinajstić information content (AvgIpc) is 2.70. The molecule has 2 heterocycles. The Morgan fingerprint density at radius 2 is 1.73 bits per heavy atom. The molecule has 0 saturated carbocycles. The molecule has 1 fully saturated rings. The van der Waals surface area contributed by atoms with Gasteiger partial charge in [-0.05, 0) is 30.0 Å². The minimum atomic E-state index is 0.214. The lowest BCUT2D eigenvalue weighted by molar-refractivity contribution is 0.0350. The van der Waals surface area contributed by atoms with Crippen molar-refractivity contribution >= 4 is 17.7 Å². The van der Waals surface area contributed by atoms with Crippen molar-refractivity contribution in [1.82, 2.24) is 9.21 Å². The molecule has 136 valence electrons. The molecule has 4 nitrogen and oxygen atoms in total. The van der Waals surface area contributed by atoms with Crippen LogP contribution in [-0.2, 0) is 4.74 Å². The molecule has 0 N–H and O–H groups in total. The van der Waals surface area contributed by atoms with Crippen LogP contribution < -0.4 is 0 Å². The molecule has 1 unspecified atom stereocenters. The van der Waals surface area contributed by atoms with E-state index in [4.69, 9.17) is 4.74 Å². The highest BCUT2D eigenvalue weighted by atomic mass is 32.2. The number of morpholine rings is 1. The number of Topliss-reactive ketones (excluding diaryl/α,β-unsaturated/α-hetero) is 1. The molecular formula is C21H24N2O2S. The van der Waals surface area contributed by atoms with E-state index in [1.807, 2.05) is 30.3 Å². The quantitative estimate of drug-likeness (QED) is 0.752. The van der Waals surface area contributed by atoms with Crippen molar-refractivity contribution in [3.63, 3.8) is 0 Å². The standard InChI is InChI=1S/C21H24N2O2S/c24-20-16-23(26-21-9-5-4-8-18(20)21)19(17-6-2-1-3-7-17)10-11-22-12-14-25-15-13-22/h1-9,19H,10-16H2.